The van der Waals surface area contributed by atoms with Crippen LogP contribution >= 0.6 is 15.9 Å². The third-order valence-corrected chi connectivity index (χ3v) is 2.50. The van der Waals surface area contributed by atoms with Gasteiger partial charge in [0.05, 0.1) is 12.2 Å². The number of rotatable bonds is 3. The third kappa shape index (κ3) is 2.58. The number of ether oxygens (including phenoxy) is 1. The smallest absolute Gasteiger partial charge is 0.338 e. The van der Waals surface area contributed by atoms with E-state index in [1.54, 1.807) is 6.92 Å². The number of aryl methyl sites for hydroxylation is 1. The zero-order chi connectivity index (χ0) is 10.6. The van der Waals surface area contributed by atoms with Gasteiger partial charge in [-0.2, -0.15) is 0 Å². The van der Waals surface area contributed by atoms with Gasteiger partial charge < -0.3 is 4.74 Å². The predicted octanol–water partition coefficient (Wildman–Crippen LogP) is 3.07. The molecule has 0 aliphatic rings. The van der Waals surface area contributed by atoms with E-state index < -0.39 is 0 Å². The molecule has 0 saturated carbocycles. The van der Waals surface area contributed by atoms with Crippen molar-refractivity contribution >= 4 is 21.9 Å². The molecule has 76 valence electrons. The van der Waals surface area contributed by atoms with Crippen LogP contribution in [0.2, 0.25) is 0 Å². The van der Waals surface area contributed by atoms with Gasteiger partial charge in [0.2, 0.25) is 0 Å². The van der Waals surface area contributed by atoms with Gasteiger partial charge in [0.1, 0.15) is 0 Å². The Hall–Kier alpha value is -0.830. The molecule has 0 aliphatic heterocycles. The Balaban J connectivity index is 3.01. The van der Waals surface area contributed by atoms with E-state index in [9.17, 15) is 4.79 Å². The van der Waals surface area contributed by atoms with E-state index in [4.69, 9.17) is 4.74 Å². The third-order valence-electron chi connectivity index (χ3n) is 1.90. The van der Waals surface area contributed by atoms with Crippen molar-refractivity contribution in [2.75, 3.05) is 6.61 Å². The molecule has 0 bridgehead atoms. The van der Waals surface area contributed by atoms with Crippen LogP contribution in [-0.4, -0.2) is 12.6 Å². The number of alkyl halides is 1. The van der Waals surface area contributed by atoms with Gasteiger partial charge >= 0.3 is 5.97 Å². The Labute approximate surface area is 92.4 Å². The molecule has 0 amide bonds. The molecule has 1 aromatic carbocycles. The molecule has 0 aromatic heterocycles. The molecule has 2 nitrogen and oxygen atoms in total. The number of halogens is 1. The second-order valence-corrected chi connectivity index (χ2v) is 3.58. The molecule has 0 fully saturated rings. The lowest BCUT2D eigenvalue weighted by molar-refractivity contribution is 0.0525. The summed E-state index contributed by atoms with van der Waals surface area (Å²) in [5.41, 5.74) is 2.77. The normalized spacial score (nSPS) is 9.93. The topological polar surface area (TPSA) is 26.3 Å². The highest BCUT2D eigenvalue weighted by Gasteiger charge is 2.10. The van der Waals surface area contributed by atoms with Crippen LogP contribution in [0.25, 0.3) is 0 Å². The minimum Gasteiger partial charge on any atom is -0.462 e. The summed E-state index contributed by atoms with van der Waals surface area (Å²) < 4.78 is 4.95. The summed E-state index contributed by atoms with van der Waals surface area (Å²) in [6, 6.07) is 5.71. The molecule has 0 heterocycles. The van der Waals surface area contributed by atoms with Crippen molar-refractivity contribution in [3.63, 3.8) is 0 Å². The van der Waals surface area contributed by atoms with Crippen LogP contribution < -0.4 is 0 Å². The van der Waals surface area contributed by atoms with E-state index in [0.29, 0.717) is 17.5 Å². The highest BCUT2D eigenvalue weighted by Crippen LogP contribution is 2.16. The van der Waals surface area contributed by atoms with Crippen LogP contribution in [0.3, 0.4) is 0 Å². The van der Waals surface area contributed by atoms with Gasteiger partial charge in [-0.25, -0.2) is 4.79 Å². The zero-order valence-corrected chi connectivity index (χ0v) is 9.93. The first-order chi connectivity index (χ1) is 6.69. The maximum absolute atomic E-state index is 11.5. The van der Waals surface area contributed by atoms with Crippen molar-refractivity contribution in [3.8, 4) is 0 Å². The lowest BCUT2D eigenvalue weighted by atomic mass is 10.1. The first kappa shape index (κ1) is 11.2. The number of benzene rings is 1. The molecule has 0 atom stereocenters. The average Bonchev–Trinajstić information content (AvgIpc) is 2.17. The van der Waals surface area contributed by atoms with E-state index >= 15 is 0 Å². The maximum atomic E-state index is 11.5. The predicted molar refractivity (Wildman–Crippen MR) is 59.8 cm³/mol. The largest absolute Gasteiger partial charge is 0.462 e. The van der Waals surface area contributed by atoms with Gasteiger partial charge in [-0.15, -0.1) is 0 Å². The highest BCUT2D eigenvalue weighted by atomic mass is 79.9. The summed E-state index contributed by atoms with van der Waals surface area (Å²) >= 11 is 3.35. The molecule has 1 rings (SSSR count). The highest BCUT2D eigenvalue weighted by molar-refractivity contribution is 9.08. The minimum atomic E-state index is -0.248. The average molecular weight is 257 g/mol. The molecule has 3 heteroatoms. The van der Waals surface area contributed by atoms with Crippen molar-refractivity contribution in [1.29, 1.82) is 0 Å². The Morgan fingerprint density at radius 3 is 2.79 bits per heavy atom. The van der Waals surface area contributed by atoms with Crippen molar-refractivity contribution in [3.05, 3.63) is 34.9 Å². The summed E-state index contributed by atoms with van der Waals surface area (Å²) in [5, 5.41) is 0.669. The summed E-state index contributed by atoms with van der Waals surface area (Å²) in [4.78, 5) is 11.5. The quantitative estimate of drug-likeness (QED) is 0.614. The first-order valence-electron chi connectivity index (χ1n) is 4.51. The minimum absolute atomic E-state index is 0.248. The van der Waals surface area contributed by atoms with Crippen LogP contribution in [0.5, 0.6) is 0 Å². The molecular formula is C11H13BrO2. The molecule has 14 heavy (non-hydrogen) atoms. The van der Waals surface area contributed by atoms with Crippen LogP contribution in [0.1, 0.15) is 28.4 Å². The Morgan fingerprint density at radius 1 is 1.50 bits per heavy atom. The van der Waals surface area contributed by atoms with Crippen LogP contribution in [0.4, 0.5) is 0 Å². The van der Waals surface area contributed by atoms with Crippen LogP contribution in [-0.2, 0) is 10.1 Å². The molecular weight excluding hydrogens is 244 g/mol. The fourth-order valence-corrected chi connectivity index (χ4v) is 1.70. The fraction of sp³-hybridized carbons (Fsp3) is 0.364. The number of hydrogen-bond acceptors (Lipinski definition) is 2. The number of esters is 1. The molecule has 0 spiro atoms. The Kier molecular flexibility index (Phi) is 4.14. The maximum Gasteiger partial charge on any atom is 0.338 e. The summed E-state index contributed by atoms with van der Waals surface area (Å²) in [7, 11) is 0. The van der Waals surface area contributed by atoms with Crippen LogP contribution in [0, 0.1) is 6.92 Å². The standard InChI is InChI=1S/C11H13BrO2/c1-3-14-11(13)10-5-4-8(2)6-9(10)7-12/h4-6H,3,7H2,1-2H3. The van der Waals surface area contributed by atoms with E-state index in [-0.39, 0.29) is 5.97 Å². The first-order valence-corrected chi connectivity index (χ1v) is 5.63. The molecule has 0 radical (unpaired) electrons. The van der Waals surface area contributed by atoms with Gasteiger partial charge in [-0.3, -0.25) is 0 Å². The zero-order valence-electron chi connectivity index (χ0n) is 8.34. The summed E-state index contributed by atoms with van der Waals surface area (Å²) in [5.74, 6) is -0.248. The van der Waals surface area contributed by atoms with Crippen LogP contribution in [0.15, 0.2) is 18.2 Å². The lowest BCUT2D eigenvalue weighted by Crippen LogP contribution is -2.07. The molecule has 1 aromatic rings. The van der Waals surface area contributed by atoms with Crippen molar-refractivity contribution in [1.82, 2.24) is 0 Å². The van der Waals surface area contributed by atoms with E-state index in [2.05, 4.69) is 15.9 Å². The summed E-state index contributed by atoms with van der Waals surface area (Å²) in [6.07, 6.45) is 0. The Morgan fingerprint density at radius 2 is 2.21 bits per heavy atom. The molecule has 0 aliphatic carbocycles. The van der Waals surface area contributed by atoms with Gasteiger partial charge in [0.25, 0.3) is 0 Å². The fourth-order valence-electron chi connectivity index (χ4n) is 1.24. The van der Waals surface area contributed by atoms with Crippen molar-refractivity contribution in [2.24, 2.45) is 0 Å². The lowest BCUT2D eigenvalue weighted by Gasteiger charge is -2.07. The van der Waals surface area contributed by atoms with E-state index in [1.807, 2.05) is 25.1 Å². The SMILES string of the molecule is CCOC(=O)c1ccc(C)cc1CBr. The van der Waals surface area contributed by atoms with Gasteiger partial charge in [-0.1, -0.05) is 33.6 Å². The Bertz CT molecular complexity index is 334. The summed E-state index contributed by atoms with van der Waals surface area (Å²) in [6.45, 7) is 4.22. The second kappa shape index (κ2) is 5.15. The molecule has 0 saturated heterocycles. The number of hydrogen-bond donors (Lipinski definition) is 0. The van der Waals surface area contributed by atoms with Crippen molar-refractivity contribution in [2.45, 2.75) is 19.2 Å². The van der Waals surface area contributed by atoms with E-state index in [1.165, 1.54) is 0 Å². The van der Waals surface area contributed by atoms with Crippen molar-refractivity contribution < 1.29 is 9.53 Å². The molecule has 0 N–H and O–H groups in total. The number of carbonyl (C=O) groups is 1. The van der Waals surface area contributed by atoms with Gasteiger partial charge in [-0.05, 0) is 25.5 Å². The van der Waals surface area contributed by atoms with E-state index in [0.717, 1.165) is 11.1 Å². The van der Waals surface area contributed by atoms with Gasteiger partial charge in [0, 0.05) is 5.33 Å². The monoisotopic (exact) mass is 256 g/mol. The second-order valence-electron chi connectivity index (χ2n) is 3.01. The molecule has 0 unspecified atom stereocenters. The van der Waals surface area contributed by atoms with Gasteiger partial charge in [0.15, 0.2) is 0 Å². The number of carbonyl (C=O) groups excluding carboxylic acids is 1.